The molecule has 1 aromatic carbocycles. The first-order valence-corrected chi connectivity index (χ1v) is 8.70. The molecular weight excluding hydrogens is 327 g/mol. The van der Waals surface area contributed by atoms with Crippen LogP contribution in [0.3, 0.4) is 0 Å². The normalized spacial score (nSPS) is 11.4. The van der Waals surface area contributed by atoms with E-state index in [-0.39, 0.29) is 11.5 Å². The average Bonchev–Trinajstić information content (AvgIpc) is 2.59. The van der Waals surface area contributed by atoms with Crippen LogP contribution in [0.4, 0.5) is 10.3 Å². The third kappa shape index (κ3) is 4.11. The summed E-state index contributed by atoms with van der Waals surface area (Å²) < 4.78 is 13.2. The van der Waals surface area contributed by atoms with Gasteiger partial charge in [-0.05, 0) is 36.9 Å². The molecule has 126 valence electrons. The molecule has 0 fully saturated rings. The van der Waals surface area contributed by atoms with Crippen LogP contribution < -0.4 is 11.1 Å². The number of hydrogen-bond acceptors (Lipinski definition) is 6. The van der Waals surface area contributed by atoms with E-state index in [4.69, 9.17) is 5.73 Å². The van der Waals surface area contributed by atoms with Crippen LogP contribution in [0, 0.1) is 5.82 Å². The number of halogens is 1. The van der Waals surface area contributed by atoms with Gasteiger partial charge in [-0.1, -0.05) is 6.92 Å². The Kier molecular flexibility index (Phi) is 6.31. The molecule has 1 aromatic heterocycles. The molecule has 5 nitrogen and oxygen atoms in total. The van der Waals surface area contributed by atoms with Crippen LogP contribution in [0.2, 0.25) is 0 Å². The van der Waals surface area contributed by atoms with Crippen molar-refractivity contribution in [2.45, 2.75) is 18.4 Å². The number of hydrogen-bond donors (Lipinski definition) is 2. The number of aldehydes is 1. The van der Waals surface area contributed by atoms with Crippen LogP contribution in [-0.2, 0) is 4.79 Å². The zero-order valence-corrected chi connectivity index (χ0v) is 14.4. The predicted octanol–water partition coefficient (Wildman–Crippen LogP) is 3.33. The topological polar surface area (TPSA) is 80.9 Å². The van der Waals surface area contributed by atoms with E-state index in [1.54, 1.807) is 12.1 Å². The highest BCUT2D eigenvalue weighted by atomic mass is 32.2. The van der Waals surface area contributed by atoms with Crippen molar-refractivity contribution in [3.05, 3.63) is 41.7 Å². The van der Waals surface area contributed by atoms with Gasteiger partial charge in [0.2, 0.25) is 5.95 Å². The number of nitrogens with one attached hydrogen (secondary N) is 1. The fourth-order valence-electron chi connectivity index (χ4n) is 2.14. The molecule has 24 heavy (non-hydrogen) atoms. The monoisotopic (exact) mass is 346 g/mol. The minimum atomic E-state index is -0.333. The van der Waals surface area contributed by atoms with Gasteiger partial charge in [0.25, 0.3) is 0 Å². The molecule has 0 aliphatic heterocycles. The van der Waals surface area contributed by atoms with Gasteiger partial charge in [0.15, 0.2) is 0 Å². The smallest absolute Gasteiger partial charge is 0.224 e. The minimum absolute atomic E-state index is 0.274. The van der Waals surface area contributed by atoms with Crippen molar-refractivity contribution in [2.24, 2.45) is 5.73 Å². The Balaban J connectivity index is 2.68. The molecule has 2 aromatic rings. The maximum Gasteiger partial charge on any atom is 0.224 e. The molecule has 0 radical (unpaired) electrons. The Bertz CT molecular complexity index is 747. The summed E-state index contributed by atoms with van der Waals surface area (Å²) in [5.74, 6) is 0.142. The van der Waals surface area contributed by atoms with Crippen LogP contribution in [-0.4, -0.2) is 29.1 Å². The van der Waals surface area contributed by atoms with Crippen molar-refractivity contribution in [2.75, 3.05) is 18.1 Å². The number of allylic oxidation sites excluding steroid dienone is 1. The first kappa shape index (κ1) is 17.9. The summed E-state index contributed by atoms with van der Waals surface area (Å²) >= 11 is 1.41. The van der Waals surface area contributed by atoms with Crippen molar-refractivity contribution in [3.63, 3.8) is 0 Å². The molecular formula is C17H19FN4OS. The first-order chi connectivity index (χ1) is 11.6. The fourth-order valence-corrected chi connectivity index (χ4v) is 2.73. The third-order valence-corrected chi connectivity index (χ3v) is 3.94. The molecule has 3 N–H and O–H groups in total. The zero-order chi connectivity index (χ0) is 17.5. The Morgan fingerprint density at radius 3 is 2.62 bits per heavy atom. The number of carbonyl (C=O) groups excluding carboxylic acids is 1. The summed E-state index contributed by atoms with van der Waals surface area (Å²) in [6, 6.07) is 5.98. The second-order valence-corrected chi connectivity index (χ2v) is 5.77. The van der Waals surface area contributed by atoms with Crippen molar-refractivity contribution in [1.82, 2.24) is 9.97 Å². The summed E-state index contributed by atoms with van der Waals surface area (Å²) in [5.41, 5.74) is 8.15. The molecule has 0 aliphatic rings. The second-order valence-electron chi connectivity index (χ2n) is 4.97. The van der Waals surface area contributed by atoms with Crippen LogP contribution >= 0.6 is 11.8 Å². The van der Waals surface area contributed by atoms with Crippen molar-refractivity contribution < 1.29 is 9.18 Å². The molecule has 0 saturated heterocycles. The fraction of sp³-hybridized carbons (Fsp3) is 0.235. The number of thioether (sulfide) groups is 1. The average molecular weight is 346 g/mol. The van der Waals surface area contributed by atoms with Crippen LogP contribution in [0.1, 0.15) is 18.9 Å². The lowest BCUT2D eigenvalue weighted by atomic mass is 10.0. The number of nitrogens with zero attached hydrogens (tertiary/aromatic N) is 2. The summed E-state index contributed by atoms with van der Waals surface area (Å²) in [7, 11) is 0. The maximum atomic E-state index is 13.2. The molecule has 0 atom stereocenters. The largest absolute Gasteiger partial charge is 0.398 e. The van der Waals surface area contributed by atoms with Crippen LogP contribution in [0.25, 0.3) is 17.0 Å². The van der Waals surface area contributed by atoms with Gasteiger partial charge in [-0.15, -0.1) is 11.8 Å². The van der Waals surface area contributed by atoms with Gasteiger partial charge in [-0.25, -0.2) is 14.4 Å². The minimum Gasteiger partial charge on any atom is -0.398 e. The van der Waals surface area contributed by atoms with Gasteiger partial charge in [-0.3, -0.25) is 4.79 Å². The maximum absolute atomic E-state index is 13.2. The van der Waals surface area contributed by atoms with Gasteiger partial charge >= 0.3 is 0 Å². The Morgan fingerprint density at radius 1 is 1.33 bits per heavy atom. The highest BCUT2D eigenvalue weighted by Crippen LogP contribution is 2.33. The lowest BCUT2D eigenvalue weighted by Crippen LogP contribution is -2.10. The van der Waals surface area contributed by atoms with E-state index in [0.29, 0.717) is 34.1 Å². The van der Waals surface area contributed by atoms with Gasteiger partial charge in [0.05, 0.1) is 11.3 Å². The summed E-state index contributed by atoms with van der Waals surface area (Å²) in [4.78, 5) is 19.8. The van der Waals surface area contributed by atoms with E-state index in [1.807, 2.05) is 13.2 Å². The van der Waals surface area contributed by atoms with E-state index >= 15 is 0 Å². The highest BCUT2D eigenvalue weighted by molar-refractivity contribution is 7.98. The first-order valence-electron chi connectivity index (χ1n) is 7.47. The molecule has 0 saturated carbocycles. The van der Waals surface area contributed by atoms with Crippen molar-refractivity contribution in [3.8, 4) is 11.3 Å². The number of rotatable bonds is 7. The second kappa shape index (κ2) is 8.44. The molecule has 2 rings (SSSR count). The quantitative estimate of drug-likeness (QED) is 0.346. The predicted molar refractivity (Wildman–Crippen MR) is 96.2 cm³/mol. The summed E-state index contributed by atoms with van der Waals surface area (Å²) in [5, 5.41) is 3.80. The van der Waals surface area contributed by atoms with E-state index in [0.717, 1.165) is 13.0 Å². The number of benzene rings is 1. The van der Waals surface area contributed by atoms with Crippen LogP contribution in [0.5, 0.6) is 0 Å². The van der Waals surface area contributed by atoms with Crippen LogP contribution in [0.15, 0.2) is 35.4 Å². The van der Waals surface area contributed by atoms with E-state index < -0.39 is 0 Å². The molecule has 1 heterocycles. The SMILES string of the molecule is CCCNc1nc(SC)c(/C(N)=C/C=O)c(-c2ccc(F)cc2)n1. The number of anilines is 1. The van der Waals surface area contributed by atoms with Gasteiger partial charge < -0.3 is 11.1 Å². The standard InChI is InChI=1S/C17H19FN4OS/c1-3-9-20-17-21-15(11-4-6-12(18)7-5-11)14(13(19)8-10-23)16(22-17)24-2/h4-8,10H,3,9,19H2,1-2H3,(H,20,21,22)/b13-8-. The van der Waals surface area contributed by atoms with E-state index in [1.165, 1.54) is 30.0 Å². The third-order valence-electron chi connectivity index (χ3n) is 3.26. The lowest BCUT2D eigenvalue weighted by molar-refractivity contribution is -0.104. The highest BCUT2D eigenvalue weighted by Gasteiger charge is 2.17. The van der Waals surface area contributed by atoms with Crippen molar-refractivity contribution >= 4 is 29.7 Å². The Morgan fingerprint density at radius 2 is 2.04 bits per heavy atom. The van der Waals surface area contributed by atoms with Gasteiger partial charge in [-0.2, -0.15) is 0 Å². The molecule has 0 aliphatic carbocycles. The number of carbonyl (C=O) groups is 1. The number of nitrogens with two attached hydrogens (primary N) is 1. The van der Waals surface area contributed by atoms with Gasteiger partial charge in [0.1, 0.15) is 17.1 Å². The lowest BCUT2D eigenvalue weighted by Gasteiger charge is -2.15. The summed E-state index contributed by atoms with van der Waals surface area (Å²) in [6.45, 7) is 2.78. The number of aromatic nitrogens is 2. The molecule has 0 amide bonds. The van der Waals surface area contributed by atoms with E-state index in [9.17, 15) is 9.18 Å². The van der Waals surface area contributed by atoms with Gasteiger partial charge in [0, 0.05) is 23.9 Å². The Labute approximate surface area is 144 Å². The molecule has 0 spiro atoms. The Hall–Kier alpha value is -2.41. The van der Waals surface area contributed by atoms with E-state index in [2.05, 4.69) is 15.3 Å². The summed E-state index contributed by atoms with van der Waals surface area (Å²) in [6.07, 6.45) is 4.69. The zero-order valence-electron chi connectivity index (χ0n) is 13.5. The molecule has 0 bridgehead atoms. The molecule has 0 unspecified atom stereocenters. The molecule has 7 heteroatoms. The van der Waals surface area contributed by atoms with Crippen molar-refractivity contribution in [1.29, 1.82) is 0 Å².